The summed E-state index contributed by atoms with van der Waals surface area (Å²) in [5, 5.41) is 3.00. The van der Waals surface area contributed by atoms with Gasteiger partial charge < -0.3 is 14.8 Å². The number of rotatable bonds is 4. The topological polar surface area (TPSA) is 84.9 Å². The fraction of sp³-hybridized carbons (Fsp3) is 0.350. The lowest BCUT2D eigenvalue weighted by Gasteiger charge is -2.27. The van der Waals surface area contributed by atoms with Crippen LogP contribution in [0.3, 0.4) is 0 Å². The molecule has 1 unspecified atom stereocenters. The summed E-state index contributed by atoms with van der Waals surface area (Å²) < 4.78 is 37.9. The van der Waals surface area contributed by atoms with Crippen molar-refractivity contribution in [3.8, 4) is 5.75 Å². The average molecular weight is 402 g/mol. The minimum atomic E-state index is -3.65. The summed E-state index contributed by atoms with van der Waals surface area (Å²) in [5.41, 5.74) is 1.25. The molecule has 0 bridgehead atoms. The van der Waals surface area contributed by atoms with Crippen molar-refractivity contribution < 1.29 is 22.7 Å². The minimum absolute atomic E-state index is 0.120. The Kier molecular flexibility index (Phi) is 5.34. The molecule has 0 aromatic heterocycles. The van der Waals surface area contributed by atoms with E-state index in [1.54, 1.807) is 12.1 Å². The zero-order valence-corrected chi connectivity index (χ0v) is 16.2. The smallest absolute Gasteiger partial charge is 0.251 e. The van der Waals surface area contributed by atoms with Crippen LogP contribution in [0.5, 0.6) is 5.75 Å². The van der Waals surface area contributed by atoms with Crippen LogP contribution in [0.1, 0.15) is 28.4 Å². The van der Waals surface area contributed by atoms with E-state index in [-0.39, 0.29) is 16.8 Å². The fourth-order valence-corrected chi connectivity index (χ4v) is 4.92. The van der Waals surface area contributed by atoms with Crippen LogP contribution in [0, 0.1) is 0 Å². The van der Waals surface area contributed by atoms with Crippen LogP contribution in [0.4, 0.5) is 0 Å². The summed E-state index contributed by atoms with van der Waals surface area (Å²) >= 11 is 0. The molecule has 2 aliphatic heterocycles. The molecule has 2 aliphatic rings. The number of nitrogens with zero attached hydrogens (tertiary/aromatic N) is 1. The highest BCUT2D eigenvalue weighted by molar-refractivity contribution is 7.89. The number of hydrogen-bond donors (Lipinski definition) is 1. The van der Waals surface area contributed by atoms with Gasteiger partial charge in [0.05, 0.1) is 30.8 Å². The molecule has 0 radical (unpaired) electrons. The zero-order valence-electron chi connectivity index (χ0n) is 15.3. The molecular formula is C20H22N2O5S. The lowest BCUT2D eigenvalue weighted by molar-refractivity contribution is 0.0730. The number of benzene rings is 2. The van der Waals surface area contributed by atoms with Crippen molar-refractivity contribution in [3.05, 3.63) is 59.7 Å². The van der Waals surface area contributed by atoms with Gasteiger partial charge in [-0.05, 0) is 24.3 Å². The van der Waals surface area contributed by atoms with Crippen molar-refractivity contribution in [2.45, 2.75) is 17.4 Å². The third-order valence-electron chi connectivity index (χ3n) is 4.97. The van der Waals surface area contributed by atoms with E-state index in [4.69, 9.17) is 9.47 Å². The summed E-state index contributed by atoms with van der Waals surface area (Å²) in [4.78, 5) is 12.9. The van der Waals surface area contributed by atoms with Crippen molar-refractivity contribution >= 4 is 15.9 Å². The summed E-state index contributed by atoms with van der Waals surface area (Å²) in [5.74, 6) is 0.462. The molecule has 0 saturated carbocycles. The molecule has 1 fully saturated rings. The summed E-state index contributed by atoms with van der Waals surface area (Å²) in [7, 11) is -3.65. The lowest BCUT2D eigenvalue weighted by Crippen LogP contribution is -2.40. The molecule has 148 valence electrons. The molecule has 2 aromatic carbocycles. The van der Waals surface area contributed by atoms with E-state index in [0.29, 0.717) is 44.9 Å². The van der Waals surface area contributed by atoms with Gasteiger partial charge in [-0.25, -0.2) is 8.42 Å². The van der Waals surface area contributed by atoms with Crippen LogP contribution in [0.2, 0.25) is 0 Å². The van der Waals surface area contributed by atoms with Gasteiger partial charge in [-0.3, -0.25) is 4.79 Å². The first-order valence-corrected chi connectivity index (χ1v) is 10.7. The third kappa shape index (κ3) is 3.76. The predicted octanol–water partition coefficient (Wildman–Crippen LogP) is 1.96. The van der Waals surface area contributed by atoms with Gasteiger partial charge in [0, 0.05) is 30.6 Å². The Morgan fingerprint density at radius 2 is 1.82 bits per heavy atom. The number of carbonyl (C=O) groups is 1. The standard InChI is InChI=1S/C20H22N2O5S/c23-20(21-18-8-11-27-19-7-2-1-6-17(18)19)15-4-3-5-16(14-15)28(24,25)22-9-12-26-13-10-22/h1-7,14,18H,8-13H2,(H,21,23). The minimum Gasteiger partial charge on any atom is -0.493 e. The Hall–Kier alpha value is -2.42. The van der Waals surface area contributed by atoms with E-state index < -0.39 is 10.0 Å². The maximum Gasteiger partial charge on any atom is 0.251 e. The summed E-state index contributed by atoms with van der Waals surface area (Å²) in [6.07, 6.45) is 0.661. The number of para-hydroxylation sites is 1. The van der Waals surface area contributed by atoms with Crippen LogP contribution in [0.25, 0.3) is 0 Å². The summed E-state index contributed by atoms with van der Waals surface area (Å²) in [6.45, 7) is 1.91. The van der Waals surface area contributed by atoms with Gasteiger partial charge in [-0.15, -0.1) is 0 Å². The molecule has 8 heteroatoms. The van der Waals surface area contributed by atoms with E-state index in [2.05, 4.69) is 5.32 Å². The Morgan fingerprint density at radius 3 is 2.64 bits per heavy atom. The van der Waals surface area contributed by atoms with E-state index in [9.17, 15) is 13.2 Å². The van der Waals surface area contributed by atoms with Crippen molar-refractivity contribution in [1.82, 2.24) is 9.62 Å². The molecule has 2 aromatic rings. The molecule has 7 nitrogen and oxygen atoms in total. The zero-order chi connectivity index (χ0) is 19.6. The monoisotopic (exact) mass is 402 g/mol. The first kappa shape index (κ1) is 18.9. The number of ether oxygens (including phenoxy) is 2. The Labute approximate surface area is 164 Å². The highest BCUT2D eigenvalue weighted by Crippen LogP contribution is 2.31. The summed E-state index contributed by atoms with van der Waals surface area (Å²) in [6, 6.07) is 13.6. The Bertz CT molecular complexity index is 970. The van der Waals surface area contributed by atoms with E-state index in [1.165, 1.54) is 16.4 Å². The van der Waals surface area contributed by atoms with Crippen LogP contribution >= 0.6 is 0 Å². The van der Waals surface area contributed by atoms with Crippen molar-refractivity contribution in [2.24, 2.45) is 0 Å². The second-order valence-corrected chi connectivity index (χ2v) is 8.68. The number of carbonyl (C=O) groups excluding carboxylic acids is 1. The molecule has 4 rings (SSSR count). The van der Waals surface area contributed by atoms with Gasteiger partial charge in [0.15, 0.2) is 0 Å². The highest BCUT2D eigenvalue weighted by atomic mass is 32.2. The molecule has 1 amide bonds. The fourth-order valence-electron chi connectivity index (χ4n) is 3.47. The molecular weight excluding hydrogens is 380 g/mol. The molecule has 2 heterocycles. The maximum atomic E-state index is 12.8. The molecule has 0 spiro atoms. The van der Waals surface area contributed by atoms with Gasteiger partial charge in [-0.2, -0.15) is 4.31 Å². The van der Waals surface area contributed by atoms with E-state index in [1.807, 2.05) is 24.3 Å². The van der Waals surface area contributed by atoms with Gasteiger partial charge in [0.2, 0.25) is 10.0 Å². The average Bonchev–Trinajstić information content (AvgIpc) is 2.75. The number of sulfonamides is 1. The van der Waals surface area contributed by atoms with Crippen molar-refractivity contribution in [1.29, 1.82) is 0 Å². The van der Waals surface area contributed by atoms with Crippen LogP contribution in [-0.2, 0) is 14.8 Å². The van der Waals surface area contributed by atoms with E-state index >= 15 is 0 Å². The van der Waals surface area contributed by atoms with E-state index in [0.717, 1.165) is 11.3 Å². The van der Waals surface area contributed by atoms with Crippen LogP contribution in [-0.4, -0.2) is 51.5 Å². The molecule has 28 heavy (non-hydrogen) atoms. The van der Waals surface area contributed by atoms with Crippen LogP contribution < -0.4 is 10.1 Å². The quantitative estimate of drug-likeness (QED) is 0.845. The number of fused-ring (bicyclic) bond motifs is 1. The van der Waals surface area contributed by atoms with Crippen molar-refractivity contribution in [2.75, 3.05) is 32.9 Å². The van der Waals surface area contributed by atoms with Gasteiger partial charge in [0.1, 0.15) is 5.75 Å². The molecule has 0 aliphatic carbocycles. The predicted molar refractivity (Wildman–Crippen MR) is 103 cm³/mol. The number of hydrogen-bond acceptors (Lipinski definition) is 5. The number of amides is 1. The number of nitrogens with one attached hydrogen (secondary N) is 1. The first-order valence-electron chi connectivity index (χ1n) is 9.26. The molecule has 1 N–H and O–H groups in total. The largest absolute Gasteiger partial charge is 0.493 e. The molecule has 1 saturated heterocycles. The lowest BCUT2D eigenvalue weighted by atomic mass is 10.00. The van der Waals surface area contributed by atoms with Gasteiger partial charge >= 0.3 is 0 Å². The SMILES string of the molecule is O=C(NC1CCOc2ccccc21)c1cccc(S(=O)(=O)N2CCOCC2)c1. The second kappa shape index (κ2) is 7.90. The van der Waals surface area contributed by atoms with Gasteiger partial charge in [-0.1, -0.05) is 24.3 Å². The number of morpholine rings is 1. The van der Waals surface area contributed by atoms with Crippen molar-refractivity contribution in [3.63, 3.8) is 0 Å². The normalized spacial score (nSPS) is 20.1. The maximum absolute atomic E-state index is 12.8. The van der Waals surface area contributed by atoms with Gasteiger partial charge in [0.25, 0.3) is 5.91 Å². The highest BCUT2D eigenvalue weighted by Gasteiger charge is 2.28. The molecule has 1 atom stereocenters. The second-order valence-electron chi connectivity index (χ2n) is 6.75. The third-order valence-corrected chi connectivity index (χ3v) is 6.86. The van der Waals surface area contributed by atoms with Crippen LogP contribution in [0.15, 0.2) is 53.4 Å². The Morgan fingerprint density at radius 1 is 1.04 bits per heavy atom. The Balaban J connectivity index is 1.54. The first-order chi connectivity index (χ1) is 13.6.